The minimum absolute atomic E-state index is 0.324. The highest BCUT2D eigenvalue weighted by Crippen LogP contribution is 2.02. The molecule has 1 heterocycles. The topological polar surface area (TPSA) is 39.4 Å². The predicted octanol–water partition coefficient (Wildman–Crippen LogP) is 2.64. The molecule has 0 spiro atoms. The van der Waals surface area contributed by atoms with E-state index in [0.29, 0.717) is 12.4 Å². The van der Waals surface area contributed by atoms with Crippen molar-refractivity contribution in [2.75, 3.05) is 6.61 Å². The molecule has 0 fully saturated rings. The molecule has 0 unspecified atom stereocenters. The highest BCUT2D eigenvalue weighted by molar-refractivity contribution is 5.86. The van der Waals surface area contributed by atoms with Crippen LogP contribution in [0, 0.1) is 0 Å². The number of esters is 1. The van der Waals surface area contributed by atoms with E-state index in [1.54, 1.807) is 24.5 Å². The van der Waals surface area contributed by atoms with Gasteiger partial charge in [-0.2, -0.15) is 0 Å². The van der Waals surface area contributed by atoms with E-state index < -0.39 is 0 Å². The van der Waals surface area contributed by atoms with Gasteiger partial charge >= 0.3 is 5.97 Å². The molecule has 14 heavy (non-hydrogen) atoms. The van der Waals surface area contributed by atoms with Crippen molar-refractivity contribution >= 4 is 12.0 Å². The summed E-state index contributed by atoms with van der Waals surface area (Å²) in [6, 6.07) is 3.54. The maximum absolute atomic E-state index is 11.1. The minimum atomic E-state index is -0.324. The second kappa shape index (κ2) is 6.02. The number of hydrogen-bond donors (Lipinski definition) is 0. The van der Waals surface area contributed by atoms with Crippen LogP contribution in [0.25, 0.3) is 6.08 Å². The molecule has 0 bridgehead atoms. The van der Waals surface area contributed by atoms with Crippen molar-refractivity contribution in [1.29, 1.82) is 0 Å². The Morgan fingerprint density at radius 2 is 2.50 bits per heavy atom. The lowest BCUT2D eigenvalue weighted by molar-refractivity contribution is -0.137. The quantitative estimate of drug-likeness (QED) is 0.411. The number of hydrogen-bond acceptors (Lipinski definition) is 3. The van der Waals surface area contributed by atoms with Gasteiger partial charge in [0.1, 0.15) is 5.76 Å². The molecule has 0 aliphatic carbocycles. The molecule has 0 N–H and O–H groups in total. The first-order chi connectivity index (χ1) is 6.83. The molecule has 0 saturated heterocycles. The van der Waals surface area contributed by atoms with Gasteiger partial charge < -0.3 is 9.15 Å². The van der Waals surface area contributed by atoms with Gasteiger partial charge in [-0.15, -0.1) is 0 Å². The second-order valence-corrected chi connectivity index (χ2v) is 2.87. The second-order valence-electron chi connectivity index (χ2n) is 2.87. The van der Waals surface area contributed by atoms with Crippen molar-refractivity contribution in [2.45, 2.75) is 19.8 Å². The zero-order chi connectivity index (χ0) is 10.2. The Balaban J connectivity index is 2.26. The molecule has 0 radical (unpaired) electrons. The van der Waals surface area contributed by atoms with Crippen LogP contribution in [0.2, 0.25) is 0 Å². The molecule has 1 aromatic heterocycles. The van der Waals surface area contributed by atoms with Gasteiger partial charge in [0.2, 0.25) is 0 Å². The summed E-state index contributed by atoms with van der Waals surface area (Å²) in [4.78, 5) is 11.1. The number of carbonyl (C=O) groups is 1. The molecule has 0 aliphatic rings. The molecule has 1 aromatic rings. The van der Waals surface area contributed by atoms with E-state index in [1.807, 2.05) is 6.92 Å². The lowest BCUT2D eigenvalue weighted by Gasteiger charge is -1.98. The van der Waals surface area contributed by atoms with Crippen LogP contribution in [0.5, 0.6) is 0 Å². The number of carbonyl (C=O) groups excluding carboxylic acids is 1. The number of rotatable bonds is 5. The summed E-state index contributed by atoms with van der Waals surface area (Å²) < 4.78 is 9.93. The fourth-order valence-electron chi connectivity index (χ4n) is 0.901. The Hall–Kier alpha value is -1.51. The van der Waals surface area contributed by atoms with Gasteiger partial charge in [0.05, 0.1) is 12.9 Å². The molecule has 0 aliphatic heterocycles. The van der Waals surface area contributed by atoms with Crippen molar-refractivity contribution in [3.8, 4) is 0 Å². The summed E-state index contributed by atoms with van der Waals surface area (Å²) in [5, 5.41) is 0. The van der Waals surface area contributed by atoms with Gasteiger partial charge in [0, 0.05) is 6.08 Å². The van der Waals surface area contributed by atoms with Crippen LogP contribution >= 0.6 is 0 Å². The third kappa shape index (κ3) is 3.94. The Labute approximate surface area is 83.4 Å². The third-order valence-electron chi connectivity index (χ3n) is 1.67. The first-order valence-corrected chi connectivity index (χ1v) is 4.71. The standard InChI is InChI=1S/C11H14O3/c1-2-3-8-14-11(12)7-6-10-5-4-9-13-10/h4-7,9H,2-3,8H2,1H3/b7-6+. The van der Waals surface area contributed by atoms with Crippen LogP contribution in [-0.4, -0.2) is 12.6 Å². The number of unbranched alkanes of at least 4 members (excludes halogenated alkanes) is 1. The molecule has 0 aromatic carbocycles. The molecule has 0 atom stereocenters. The summed E-state index contributed by atoms with van der Waals surface area (Å²) in [5.41, 5.74) is 0. The van der Waals surface area contributed by atoms with Crippen LogP contribution in [0.4, 0.5) is 0 Å². The lowest BCUT2D eigenvalue weighted by atomic mass is 10.3. The van der Waals surface area contributed by atoms with E-state index in [-0.39, 0.29) is 5.97 Å². The van der Waals surface area contributed by atoms with Crippen LogP contribution < -0.4 is 0 Å². The Morgan fingerprint density at radius 1 is 1.64 bits per heavy atom. The van der Waals surface area contributed by atoms with Gasteiger partial charge in [0.15, 0.2) is 0 Å². The smallest absolute Gasteiger partial charge is 0.330 e. The highest BCUT2D eigenvalue weighted by Gasteiger charge is 1.96. The maximum atomic E-state index is 11.1. The van der Waals surface area contributed by atoms with Crippen molar-refractivity contribution in [2.24, 2.45) is 0 Å². The van der Waals surface area contributed by atoms with Gasteiger partial charge in [0.25, 0.3) is 0 Å². The van der Waals surface area contributed by atoms with E-state index in [0.717, 1.165) is 12.8 Å². The highest BCUT2D eigenvalue weighted by atomic mass is 16.5. The molecule has 3 heteroatoms. The molecule has 3 nitrogen and oxygen atoms in total. The molecule has 0 amide bonds. The average Bonchev–Trinajstić information content (AvgIpc) is 2.68. The zero-order valence-corrected chi connectivity index (χ0v) is 8.23. The third-order valence-corrected chi connectivity index (χ3v) is 1.67. The lowest BCUT2D eigenvalue weighted by Crippen LogP contribution is -2.01. The van der Waals surface area contributed by atoms with Gasteiger partial charge in [-0.1, -0.05) is 13.3 Å². The van der Waals surface area contributed by atoms with Crippen LogP contribution in [0.1, 0.15) is 25.5 Å². The van der Waals surface area contributed by atoms with E-state index in [4.69, 9.17) is 9.15 Å². The summed E-state index contributed by atoms with van der Waals surface area (Å²) in [6.45, 7) is 2.53. The first-order valence-electron chi connectivity index (χ1n) is 4.71. The first kappa shape index (κ1) is 10.6. The molecule has 76 valence electrons. The Bertz CT molecular complexity index is 285. The Kier molecular flexibility index (Phi) is 4.55. The molecule has 1 rings (SSSR count). The normalized spacial score (nSPS) is 10.6. The summed E-state index contributed by atoms with van der Waals surface area (Å²) >= 11 is 0. The molecule has 0 saturated carbocycles. The summed E-state index contributed by atoms with van der Waals surface area (Å²) in [6.07, 6.45) is 6.44. The zero-order valence-electron chi connectivity index (χ0n) is 8.23. The van der Waals surface area contributed by atoms with E-state index in [2.05, 4.69) is 0 Å². The van der Waals surface area contributed by atoms with Gasteiger partial charge in [-0.25, -0.2) is 4.79 Å². The fourth-order valence-corrected chi connectivity index (χ4v) is 0.901. The Morgan fingerprint density at radius 3 is 3.14 bits per heavy atom. The van der Waals surface area contributed by atoms with Crippen molar-refractivity contribution < 1.29 is 13.9 Å². The molecular formula is C11H14O3. The largest absolute Gasteiger partial charge is 0.465 e. The van der Waals surface area contributed by atoms with Gasteiger partial charge in [-0.3, -0.25) is 0 Å². The van der Waals surface area contributed by atoms with Crippen molar-refractivity contribution in [1.82, 2.24) is 0 Å². The maximum Gasteiger partial charge on any atom is 0.330 e. The van der Waals surface area contributed by atoms with E-state index in [9.17, 15) is 4.79 Å². The van der Waals surface area contributed by atoms with Crippen LogP contribution in [0.15, 0.2) is 28.9 Å². The van der Waals surface area contributed by atoms with Crippen LogP contribution in [-0.2, 0) is 9.53 Å². The SMILES string of the molecule is CCCCOC(=O)/C=C/c1ccco1. The predicted molar refractivity (Wildman–Crippen MR) is 53.6 cm³/mol. The summed E-state index contributed by atoms with van der Waals surface area (Å²) in [5.74, 6) is 0.326. The number of furan rings is 1. The average molecular weight is 194 g/mol. The van der Waals surface area contributed by atoms with Gasteiger partial charge in [-0.05, 0) is 24.6 Å². The monoisotopic (exact) mass is 194 g/mol. The minimum Gasteiger partial charge on any atom is -0.465 e. The number of ether oxygens (including phenoxy) is 1. The van der Waals surface area contributed by atoms with Crippen molar-refractivity contribution in [3.05, 3.63) is 30.2 Å². The van der Waals surface area contributed by atoms with Crippen molar-refractivity contribution in [3.63, 3.8) is 0 Å². The fraction of sp³-hybridized carbons (Fsp3) is 0.364. The van der Waals surface area contributed by atoms with Crippen LogP contribution in [0.3, 0.4) is 0 Å². The van der Waals surface area contributed by atoms with E-state index in [1.165, 1.54) is 6.08 Å². The van der Waals surface area contributed by atoms with E-state index >= 15 is 0 Å². The molecular weight excluding hydrogens is 180 g/mol. The summed E-state index contributed by atoms with van der Waals surface area (Å²) in [7, 11) is 0.